The molecule has 0 N–H and O–H groups in total. The third kappa shape index (κ3) is 3.91. The first-order chi connectivity index (χ1) is 7.61. The first-order valence-corrected chi connectivity index (χ1v) is 7.43. The average Bonchev–Trinajstić information content (AvgIpc) is 2.22. The Kier molecular flexibility index (Phi) is 5.50. The number of hydrogen-bond donors (Lipinski definition) is 0. The van der Waals surface area contributed by atoms with Crippen molar-refractivity contribution >= 4 is 19.0 Å². The summed E-state index contributed by atoms with van der Waals surface area (Å²) in [7, 11) is -1.26. The van der Waals surface area contributed by atoms with Crippen LogP contribution in [0.1, 0.15) is 12.5 Å². The van der Waals surface area contributed by atoms with Crippen LogP contribution in [0.3, 0.4) is 0 Å². The Labute approximate surface area is 101 Å². The van der Waals surface area contributed by atoms with E-state index in [-0.39, 0.29) is 6.35 Å². The molecule has 0 aliphatic rings. The van der Waals surface area contributed by atoms with Crippen LogP contribution >= 0.6 is 19.0 Å². The van der Waals surface area contributed by atoms with Crippen LogP contribution in [0.2, 0.25) is 5.02 Å². The van der Waals surface area contributed by atoms with Gasteiger partial charge in [-0.05, 0) is 18.6 Å². The highest BCUT2D eigenvalue weighted by Gasteiger charge is 2.24. The van der Waals surface area contributed by atoms with E-state index < -0.39 is 7.37 Å². The lowest BCUT2D eigenvalue weighted by Crippen LogP contribution is -2.01. The fraction of sp³-hybridized carbons (Fsp3) is 0.455. The number of benzene rings is 1. The van der Waals surface area contributed by atoms with Crippen LogP contribution < -0.4 is 0 Å². The van der Waals surface area contributed by atoms with E-state index in [1.165, 1.54) is 7.11 Å². The highest BCUT2D eigenvalue weighted by atomic mass is 35.5. The maximum Gasteiger partial charge on any atom is 0.232 e. The molecule has 1 unspecified atom stereocenters. The summed E-state index contributed by atoms with van der Waals surface area (Å²) in [5.41, 5.74) is 0.831. The van der Waals surface area contributed by atoms with Crippen LogP contribution in [0.25, 0.3) is 0 Å². The maximum absolute atomic E-state index is 12.3. The van der Waals surface area contributed by atoms with E-state index in [1.807, 2.05) is 25.1 Å². The molecule has 0 saturated carbocycles. The molecule has 3 nitrogen and oxygen atoms in total. The molecule has 0 radical (unpaired) electrons. The van der Waals surface area contributed by atoms with Crippen molar-refractivity contribution in [3.05, 3.63) is 34.9 Å². The van der Waals surface area contributed by atoms with E-state index in [9.17, 15) is 4.57 Å². The molecule has 0 spiro atoms. The quantitative estimate of drug-likeness (QED) is 0.732. The first kappa shape index (κ1) is 13.7. The van der Waals surface area contributed by atoms with Crippen LogP contribution in [-0.4, -0.2) is 20.1 Å². The second-order valence-corrected chi connectivity index (χ2v) is 6.27. The van der Waals surface area contributed by atoms with Crippen molar-refractivity contribution in [2.75, 3.05) is 20.1 Å². The molecule has 1 atom stereocenters. The molecule has 90 valence electrons. The van der Waals surface area contributed by atoms with Gasteiger partial charge in [-0.25, -0.2) is 0 Å². The third-order valence-corrected chi connectivity index (χ3v) is 4.63. The van der Waals surface area contributed by atoms with Gasteiger partial charge in [-0.15, -0.1) is 0 Å². The lowest BCUT2D eigenvalue weighted by atomic mass is 10.2. The summed E-state index contributed by atoms with van der Waals surface area (Å²) >= 11 is 6.01. The van der Waals surface area contributed by atoms with Gasteiger partial charge in [0.25, 0.3) is 0 Å². The maximum atomic E-state index is 12.3. The normalized spacial score (nSPS) is 14.7. The Morgan fingerprint density at radius 1 is 1.38 bits per heavy atom. The fourth-order valence-electron chi connectivity index (χ4n) is 1.45. The molecule has 1 aromatic carbocycles. The van der Waals surface area contributed by atoms with E-state index in [1.54, 1.807) is 6.07 Å². The first-order valence-electron chi connectivity index (χ1n) is 5.06. The highest BCUT2D eigenvalue weighted by Crippen LogP contribution is 2.50. The van der Waals surface area contributed by atoms with Gasteiger partial charge >= 0.3 is 0 Å². The number of halogens is 1. The molecule has 0 aliphatic heterocycles. The molecule has 0 fully saturated rings. The minimum Gasteiger partial charge on any atom is -0.375 e. The van der Waals surface area contributed by atoms with E-state index in [0.29, 0.717) is 17.8 Å². The SMILES string of the molecule is CCOP(=O)(COC)Cc1ccccc1Cl. The van der Waals surface area contributed by atoms with Gasteiger partial charge in [0.05, 0.1) is 12.8 Å². The number of hydrogen-bond acceptors (Lipinski definition) is 3. The Balaban J connectivity index is 2.83. The van der Waals surface area contributed by atoms with Crippen molar-refractivity contribution < 1.29 is 13.8 Å². The molecule has 1 aromatic rings. The fourth-order valence-corrected chi connectivity index (χ4v) is 3.66. The predicted molar refractivity (Wildman–Crippen MR) is 66.3 cm³/mol. The van der Waals surface area contributed by atoms with Gasteiger partial charge in [-0.3, -0.25) is 4.57 Å². The van der Waals surface area contributed by atoms with Crippen molar-refractivity contribution in [1.82, 2.24) is 0 Å². The monoisotopic (exact) mass is 262 g/mol. The molecule has 1 rings (SSSR count). The number of methoxy groups -OCH3 is 1. The molecule has 0 amide bonds. The largest absolute Gasteiger partial charge is 0.375 e. The lowest BCUT2D eigenvalue weighted by molar-refractivity contribution is 0.222. The van der Waals surface area contributed by atoms with Gasteiger partial charge < -0.3 is 9.26 Å². The molecular weight excluding hydrogens is 247 g/mol. The Bertz CT molecular complexity index is 371. The molecule has 0 heterocycles. The summed E-state index contributed by atoms with van der Waals surface area (Å²) in [6.45, 7) is 2.22. The smallest absolute Gasteiger partial charge is 0.232 e. The van der Waals surface area contributed by atoms with E-state index in [4.69, 9.17) is 20.9 Å². The van der Waals surface area contributed by atoms with E-state index in [0.717, 1.165) is 5.56 Å². The molecule has 5 heteroatoms. The van der Waals surface area contributed by atoms with Gasteiger partial charge in [0.1, 0.15) is 6.35 Å². The summed E-state index contributed by atoms with van der Waals surface area (Å²) in [6, 6.07) is 7.34. The predicted octanol–water partition coefficient (Wildman–Crippen LogP) is 3.76. The summed E-state index contributed by atoms with van der Waals surface area (Å²) in [5, 5.41) is 0.610. The highest BCUT2D eigenvalue weighted by molar-refractivity contribution is 7.57. The van der Waals surface area contributed by atoms with Crippen LogP contribution in [-0.2, 0) is 20.0 Å². The van der Waals surface area contributed by atoms with Crippen molar-refractivity contribution in [2.45, 2.75) is 13.1 Å². The molecule has 16 heavy (non-hydrogen) atoms. The zero-order valence-corrected chi connectivity index (χ0v) is 11.1. The standard InChI is InChI=1S/C11H16ClO3P/c1-3-15-16(13,9-14-2)8-10-6-4-5-7-11(10)12/h4-7H,3,8-9H2,1-2H3. The second-order valence-electron chi connectivity index (χ2n) is 3.40. The van der Waals surface area contributed by atoms with Gasteiger partial charge in [0.15, 0.2) is 0 Å². The van der Waals surface area contributed by atoms with Crippen LogP contribution in [0.4, 0.5) is 0 Å². The lowest BCUT2D eigenvalue weighted by Gasteiger charge is -2.17. The zero-order valence-electron chi connectivity index (χ0n) is 9.48. The summed E-state index contributed by atoms with van der Waals surface area (Å²) < 4.78 is 22.6. The van der Waals surface area contributed by atoms with E-state index in [2.05, 4.69) is 0 Å². The Morgan fingerprint density at radius 3 is 2.62 bits per heavy atom. The van der Waals surface area contributed by atoms with Crippen LogP contribution in [0.15, 0.2) is 24.3 Å². The molecule has 0 aliphatic carbocycles. The van der Waals surface area contributed by atoms with Crippen molar-refractivity contribution in [2.24, 2.45) is 0 Å². The second kappa shape index (κ2) is 6.41. The average molecular weight is 263 g/mol. The van der Waals surface area contributed by atoms with Crippen molar-refractivity contribution in [3.8, 4) is 0 Å². The van der Waals surface area contributed by atoms with Crippen molar-refractivity contribution in [3.63, 3.8) is 0 Å². The topological polar surface area (TPSA) is 35.5 Å². The summed E-state index contributed by atoms with van der Waals surface area (Å²) in [5.74, 6) is 0. The Hall–Kier alpha value is -0.340. The minimum absolute atomic E-state index is 0.117. The summed E-state index contributed by atoms with van der Waals surface area (Å²) in [6.07, 6.45) is 0.431. The summed E-state index contributed by atoms with van der Waals surface area (Å²) in [4.78, 5) is 0. The van der Waals surface area contributed by atoms with Crippen molar-refractivity contribution in [1.29, 1.82) is 0 Å². The number of rotatable bonds is 6. The molecular formula is C11H16ClO3P. The number of ether oxygens (including phenoxy) is 1. The zero-order chi connectivity index (χ0) is 12.0. The minimum atomic E-state index is -2.77. The Morgan fingerprint density at radius 2 is 2.06 bits per heavy atom. The van der Waals surface area contributed by atoms with Gasteiger partial charge in [0.2, 0.25) is 7.37 Å². The van der Waals surface area contributed by atoms with Crippen LogP contribution in [0.5, 0.6) is 0 Å². The van der Waals surface area contributed by atoms with Crippen LogP contribution in [0, 0.1) is 0 Å². The van der Waals surface area contributed by atoms with Gasteiger partial charge in [-0.1, -0.05) is 29.8 Å². The molecule has 0 bridgehead atoms. The van der Waals surface area contributed by atoms with E-state index >= 15 is 0 Å². The van der Waals surface area contributed by atoms with Gasteiger partial charge in [-0.2, -0.15) is 0 Å². The molecule has 0 aromatic heterocycles. The molecule has 0 saturated heterocycles. The van der Waals surface area contributed by atoms with Gasteiger partial charge in [0, 0.05) is 12.1 Å². The third-order valence-electron chi connectivity index (χ3n) is 2.06.